The second-order valence-corrected chi connectivity index (χ2v) is 5.05. The Kier molecular flexibility index (Phi) is 5.83. The largest absolute Gasteiger partial charge is 0.497 e. The molecule has 0 spiro atoms. The molecule has 0 fully saturated rings. The second kappa shape index (κ2) is 8.08. The fourth-order valence-corrected chi connectivity index (χ4v) is 2.14. The fourth-order valence-electron chi connectivity index (χ4n) is 2.14. The Hall–Kier alpha value is -2.49. The summed E-state index contributed by atoms with van der Waals surface area (Å²) in [6, 6.07) is 16.3. The number of methoxy groups -OCH3 is 1. The molecular weight excluding hydrogens is 274 g/mol. The molecular formula is C18H23N3O. The van der Waals surface area contributed by atoms with Crippen molar-refractivity contribution in [2.45, 2.75) is 20.0 Å². The van der Waals surface area contributed by atoms with Gasteiger partial charge in [-0.05, 0) is 35.7 Å². The molecule has 0 saturated carbocycles. The molecule has 0 aliphatic rings. The van der Waals surface area contributed by atoms with E-state index in [4.69, 9.17) is 4.74 Å². The van der Waals surface area contributed by atoms with Crippen molar-refractivity contribution < 1.29 is 4.74 Å². The van der Waals surface area contributed by atoms with Crippen molar-refractivity contribution in [1.29, 1.82) is 0 Å². The number of hydrogen-bond donors (Lipinski definition) is 2. The number of nitrogens with zero attached hydrogens (tertiary/aromatic N) is 1. The first kappa shape index (κ1) is 15.9. The zero-order valence-corrected chi connectivity index (χ0v) is 13.4. The van der Waals surface area contributed by atoms with Gasteiger partial charge in [0.1, 0.15) is 5.75 Å². The summed E-state index contributed by atoms with van der Waals surface area (Å²) < 4.78 is 5.16. The number of benzene rings is 2. The van der Waals surface area contributed by atoms with Gasteiger partial charge < -0.3 is 15.4 Å². The number of rotatable bonds is 5. The molecule has 4 nitrogen and oxygen atoms in total. The molecule has 2 aromatic carbocycles. The lowest BCUT2D eigenvalue weighted by molar-refractivity contribution is 0.414. The van der Waals surface area contributed by atoms with Crippen LogP contribution in [0.25, 0.3) is 0 Å². The average Bonchev–Trinajstić information content (AvgIpc) is 2.57. The first-order valence-electron chi connectivity index (χ1n) is 7.35. The van der Waals surface area contributed by atoms with Gasteiger partial charge >= 0.3 is 0 Å². The summed E-state index contributed by atoms with van der Waals surface area (Å²) >= 11 is 0. The molecule has 22 heavy (non-hydrogen) atoms. The summed E-state index contributed by atoms with van der Waals surface area (Å²) in [5, 5.41) is 6.64. The van der Waals surface area contributed by atoms with Crippen LogP contribution in [0.4, 0.5) is 0 Å². The molecule has 2 N–H and O–H groups in total. The first-order valence-corrected chi connectivity index (χ1v) is 7.35. The Balaban J connectivity index is 1.86. The Labute approximate surface area is 132 Å². The zero-order valence-electron chi connectivity index (χ0n) is 13.4. The molecule has 0 unspecified atom stereocenters. The van der Waals surface area contributed by atoms with E-state index >= 15 is 0 Å². The molecule has 0 heterocycles. The third-order valence-electron chi connectivity index (χ3n) is 3.55. The van der Waals surface area contributed by atoms with Crippen molar-refractivity contribution in [3.63, 3.8) is 0 Å². The molecule has 0 amide bonds. The van der Waals surface area contributed by atoms with Gasteiger partial charge in [0.05, 0.1) is 7.11 Å². The highest BCUT2D eigenvalue weighted by Crippen LogP contribution is 2.11. The van der Waals surface area contributed by atoms with Crippen LogP contribution >= 0.6 is 0 Å². The van der Waals surface area contributed by atoms with E-state index in [1.807, 2.05) is 24.3 Å². The predicted molar refractivity (Wildman–Crippen MR) is 91.2 cm³/mol. The second-order valence-electron chi connectivity index (χ2n) is 5.05. The Morgan fingerprint density at radius 3 is 2.32 bits per heavy atom. The van der Waals surface area contributed by atoms with Crippen molar-refractivity contribution in [1.82, 2.24) is 10.6 Å². The number of ether oxygens (including phenoxy) is 1. The Morgan fingerprint density at radius 2 is 1.68 bits per heavy atom. The van der Waals surface area contributed by atoms with Crippen LogP contribution in [-0.4, -0.2) is 20.1 Å². The van der Waals surface area contributed by atoms with E-state index in [1.54, 1.807) is 14.2 Å². The number of guanidine groups is 1. The molecule has 0 radical (unpaired) electrons. The van der Waals surface area contributed by atoms with Crippen LogP contribution in [0.15, 0.2) is 53.5 Å². The van der Waals surface area contributed by atoms with Crippen LogP contribution in [0.2, 0.25) is 0 Å². The normalized spacial score (nSPS) is 11.1. The van der Waals surface area contributed by atoms with Crippen molar-refractivity contribution in [2.24, 2.45) is 4.99 Å². The fraction of sp³-hybridized carbons (Fsp3) is 0.278. The minimum atomic E-state index is 0.720. The van der Waals surface area contributed by atoms with Crippen LogP contribution in [0.5, 0.6) is 5.75 Å². The SMILES string of the molecule is CN=C(NCc1ccc(OC)cc1)NCc1ccccc1C. The van der Waals surface area contributed by atoms with Crippen LogP contribution in [0, 0.1) is 6.92 Å². The summed E-state index contributed by atoms with van der Waals surface area (Å²) in [6.45, 7) is 3.59. The molecule has 0 aliphatic carbocycles. The molecule has 0 aliphatic heterocycles. The van der Waals surface area contributed by atoms with E-state index in [0.29, 0.717) is 0 Å². The minimum absolute atomic E-state index is 0.720. The van der Waals surface area contributed by atoms with E-state index < -0.39 is 0 Å². The number of aliphatic imine (C=N–C) groups is 1. The highest BCUT2D eigenvalue weighted by atomic mass is 16.5. The third-order valence-corrected chi connectivity index (χ3v) is 3.55. The smallest absolute Gasteiger partial charge is 0.191 e. The van der Waals surface area contributed by atoms with Crippen LogP contribution in [-0.2, 0) is 13.1 Å². The van der Waals surface area contributed by atoms with Crippen molar-refractivity contribution in [3.8, 4) is 5.75 Å². The Bertz CT molecular complexity index is 620. The molecule has 2 aromatic rings. The Morgan fingerprint density at radius 1 is 1.00 bits per heavy atom. The van der Waals surface area contributed by atoms with E-state index in [-0.39, 0.29) is 0 Å². The van der Waals surface area contributed by atoms with Gasteiger partial charge in [0.25, 0.3) is 0 Å². The quantitative estimate of drug-likeness (QED) is 0.659. The van der Waals surface area contributed by atoms with Gasteiger partial charge in [-0.1, -0.05) is 36.4 Å². The predicted octanol–water partition coefficient (Wildman–Crippen LogP) is 2.87. The maximum absolute atomic E-state index is 5.16. The van der Waals surface area contributed by atoms with Gasteiger partial charge in [-0.3, -0.25) is 4.99 Å². The highest BCUT2D eigenvalue weighted by molar-refractivity contribution is 5.79. The summed E-state index contributed by atoms with van der Waals surface area (Å²) in [6.07, 6.45) is 0. The number of nitrogens with one attached hydrogen (secondary N) is 2. The molecule has 0 bridgehead atoms. The lowest BCUT2D eigenvalue weighted by Crippen LogP contribution is -2.36. The number of aryl methyl sites for hydroxylation is 1. The third kappa shape index (κ3) is 4.52. The van der Waals surface area contributed by atoms with Crippen molar-refractivity contribution in [2.75, 3.05) is 14.2 Å². The lowest BCUT2D eigenvalue weighted by Gasteiger charge is -2.13. The van der Waals surface area contributed by atoms with Gasteiger partial charge in [0.15, 0.2) is 5.96 Å². The maximum Gasteiger partial charge on any atom is 0.191 e. The van der Waals surface area contributed by atoms with Crippen molar-refractivity contribution in [3.05, 3.63) is 65.2 Å². The van der Waals surface area contributed by atoms with Crippen LogP contribution in [0.3, 0.4) is 0 Å². The van der Waals surface area contributed by atoms with Gasteiger partial charge in [-0.15, -0.1) is 0 Å². The van der Waals surface area contributed by atoms with Gasteiger partial charge in [-0.2, -0.15) is 0 Å². The van der Waals surface area contributed by atoms with Crippen molar-refractivity contribution >= 4 is 5.96 Å². The first-order chi connectivity index (χ1) is 10.7. The average molecular weight is 297 g/mol. The topological polar surface area (TPSA) is 45.7 Å². The van der Waals surface area contributed by atoms with E-state index in [9.17, 15) is 0 Å². The molecule has 116 valence electrons. The van der Waals surface area contributed by atoms with Crippen LogP contribution in [0.1, 0.15) is 16.7 Å². The summed E-state index contributed by atoms with van der Waals surface area (Å²) in [5.41, 5.74) is 3.73. The number of hydrogen-bond acceptors (Lipinski definition) is 2. The monoisotopic (exact) mass is 297 g/mol. The van der Waals surface area contributed by atoms with E-state index in [2.05, 4.69) is 46.8 Å². The maximum atomic E-state index is 5.16. The lowest BCUT2D eigenvalue weighted by atomic mass is 10.1. The summed E-state index contributed by atoms with van der Waals surface area (Å²) in [4.78, 5) is 4.25. The van der Waals surface area contributed by atoms with Crippen LogP contribution < -0.4 is 15.4 Å². The summed E-state index contributed by atoms with van der Waals surface area (Å²) in [5.74, 6) is 1.66. The molecule has 2 rings (SSSR count). The standard InChI is InChI=1S/C18H23N3O/c1-14-6-4-5-7-16(14)13-21-18(19-2)20-12-15-8-10-17(22-3)11-9-15/h4-11H,12-13H2,1-3H3,(H2,19,20,21). The van der Waals surface area contributed by atoms with Gasteiger partial charge in [0.2, 0.25) is 0 Å². The summed E-state index contributed by atoms with van der Waals surface area (Å²) in [7, 11) is 3.45. The van der Waals surface area contributed by atoms with E-state index in [0.717, 1.165) is 24.8 Å². The van der Waals surface area contributed by atoms with E-state index in [1.165, 1.54) is 16.7 Å². The molecule has 0 aromatic heterocycles. The highest BCUT2D eigenvalue weighted by Gasteiger charge is 2.01. The zero-order chi connectivity index (χ0) is 15.8. The minimum Gasteiger partial charge on any atom is -0.497 e. The van der Waals surface area contributed by atoms with Gasteiger partial charge in [0, 0.05) is 20.1 Å². The molecule has 0 atom stereocenters. The van der Waals surface area contributed by atoms with Gasteiger partial charge in [-0.25, -0.2) is 0 Å². The molecule has 4 heteroatoms. The molecule has 0 saturated heterocycles.